The zero-order valence-electron chi connectivity index (χ0n) is 13.1. The van der Waals surface area contributed by atoms with Crippen LogP contribution >= 0.6 is 23.1 Å². The number of ether oxygens (including phenoxy) is 1. The number of amides is 1. The van der Waals surface area contributed by atoms with Crippen LogP contribution < -0.4 is 16.2 Å². The lowest BCUT2D eigenvalue weighted by Gasteiger charge is -2.08. The maximum Gasteiger partial charge on any atom is 0.260 e. The van der Waals surface area contributed by atoms with Crippen LogP contribution in [-0.2, 0) is 0 Å². The molecule has 3 rings (SSSR count). The maximum atomic E-state index is 11.6. The topological polar surface area (TPSA) is 117 Å². The Hall–Kier alpha value is -2.39. The molecule has 3 aromatic heterocycles. The molecular formula is C15H15N5O2S2. The van der Waals surface area contributed by atoms with Crippen molar-refractivity contribution < 1.29 is 9.53 Å². The summed E-state index contributed by atoms with van der Waals surface area (Å²) in [5.74, 6) is 0.0599. The van der Waals surface area contributed by atoms with Crippen LogP contribution in [0.2, 0.25) is 0 Å². The number of carbonyl (C=O) groups excluding carboxylic acids is 1. The van der Waals surface area contributed by atoms with Crippen LogP contribution in [0.15, 0.2) is 23.6 Å². The average molecular weight is 361 g/mol. The molecule has 0 bridgehead atoms. The Labute approximate surface area is 146 Å². The van der Waals surface area contributed by atoms with Gasteiger partial charge in [-0.15, -0.1) is 11.3 Å². The molecule has 0 aliphatic carbocycles. The molecule has 0 fully saturated rings. The van der Waals surface area contributed by atoms with Gasteiger partial charge in [0, 0.05) is 11.8 Å². The molecule has 0 radical (unpaired) electrons. The molecule has 0 saturated carbocycles. The van der Waals surface area contributed by atoms with E-state index in [-0.39, 0.29) is 4.88 Å². The van der Waals surface area contributed by atoms with E-state index in [1.165, 1.54) is 23.1 Å². The molecular weight excluding hydrogens is 346 g/mol. The van der Waals surface area contributed by atoms with Crippen LogP contribution in [0.25, 0.3) is 21.5 Å². The standard InChI is InChI=1S/C15H15N5O2S2/c1-3-22-8-4-7(5-18-6-8)11-9-10(16)12(13(17)21)24-14(9)20-15(19-11)23-2/h4-6H,3,16H2,1-2H3,(H2,17,21). The molecule has 0 unspecified atom stereocenters. The van der Waals surface area contributed by atoms with Gasteiger partial charge in [0.25, 0.3) is 5.91 Å². The van der Waals surface area contributed by atoms with E-state index in [0.29, 0.717) is 39.1 Å². The number of fused-ring (bicyclic) bond motifs is 1. The summed E-state index contributed by atoms with van der Waals surface area (Å²) in [6.07, 6.45) is 5.19. The number of nitrogens with zero attached hydrogens (tertiary/aromatic N) is 3. The first-order valence-electron chi connectivity index (χ1n) is 7.07. The van der Waals surface area contributed by atoms with E-state index in [2.05, 4.69) is 15.0 Å². The Morgan fingerprint density at radius 3 is 2.83 bits per heavy atom. The lowest BCUT2D eigenvalue weighted by Crippen LogP contribution is -2.10. The highest BCUT2D eigenvalue weighted by Crippen LogP contribution is 2.39. The third-order valence-corrected chi connectivity index (χ3v) is 4.93. The molecule has 4 N–H and O–H groups in total. The minimum absolute atomic E-state index is 0.285. The summed E-state index contributed by atoms with van der Waals surface area (Å²) >= 11 is 2.58. The van der Waals surface area contributed by atoms with Crippen molar-refractivity contribution in [3.63, 3.8) is 0 Å². The van der Waals surface area contributed by atoms with E-state index in [4.69, 9.17) is 16.2 Å². The second-order valence-corrected chi connectivity index (χ2v) is 6.56. The van der Waals surface area contributed by atoms with Gasteiger partial charge in [-0.3, -0.25) is 9.78 Å². The Bertz CT molecular complexity index is 926. The Kier molecular flexibility index (Phi) is 4.54. The number of thiophene rings is 1. The number of hydrogen-bond acceptors (Lipinski definition) is 8. The van der Waals surface area contributed by atoms with Crippen molar-refractivity contribution in [2.45, 2.75) is 12.1 Å². The van der Waals surface area contributed by atoms with Gasteiger partial charge in [0.15, 0.2) is 5.16 Å². The number of thioether (sulfide) groups is 1. The van der Waals surface area contributed by atoms with E-state index < -0.39 is 5.91 Å². The molecule has 0 aliphatic rings. The first-order valence-corrected chi connectivity index (χ1v) is 9.11. The molecule has 0 aromatic carbocycles. The lowest BCUT2D eigenvalue weighted by atomic mass is 10.1. The van der Waals surface area contributed by atoms with E-state index in [1.807, 2.05) is 19.2 Å². The summed E-state index contributed by atoms with van der Waals surface area (Å²) in [6, 6.07) is 1.84. The summed E-state index contributed by atoms with van der Waals surface area (Å²) in [5.41, 5.74) is 13.2. The quantitative estimate of drug-likeness (QED) is 0.530. The number of anilines is 1. The van der Waals surface area contributed by atoms with Crippen LogP contribution in [0.1, 0.15) is 16.6 Å². The molecule has 0 aliphatic heterocycles. The maximum absolute atomic E-state index is 11.6. The summed E-state index contributed by atoms with van der Waals surface area (Å²) in [7, 11) is 0. The Balaban J connectivity index is 2.29. The normalized spacial score (nSPS) is 10.9. The van der Waals surface area contributed by atoms with Crippen molar-refractivity contribution in [1.29, 1.82) is 0 Å². The highest BCUT2D eigenvalue weighted by molar-refractivity contribution is 7.98. The van der Waals surface area contributed by atoms with Crippen LogP contribution in [-0.4, -0.2) is 33.7 Å². The second-order valence-electron chi connectivity index (χ2n) is 4.79. The Morgan fingerprint density at radius 1 is 1.38 bits per heavy atom. The van der Waals surface area contributed by atoms with Crippen molar-refractivity contribution in [3.05, 3.63) is 23.3 Å². The number of carbonyl (C=O) groups is 1. The highest BCUT2D eigenvalue weighted by Gasteiger charge is 2.21. The number of nitrogens with two attached hydrogens (primary N) is 2. The van der Waals surface area contributed by atoms with Gasteiger partial charge in [0.1, 0.15) is 15.5 Å². The number of aromatic nitrogens is 3. The van der Waals surface area contributed by atoms with Gasteiger partial charge in [-0.25, -0.2) is 9.97 Å². The molecule has 1 amide bonds. The fraction of sp³-hybridized carbons (Fsp3) is 0.200. The second kappa shape index (κ2) is 6.62. The number of hydrogen-bond donors (Lipinski definition) is 2. The molecule has 0 atom stereocenters. The van der Waals surface area contributed by atoms with Gasteiger partial charge in [-0.1, -0.05) is 11.8 Å². The fourth-order valence-corrected chi connectivity index (χ4v) is 3.65. The van der Waals surface area contributed by atoms with Crippen molar-refractivity contribution >= 4 is 44.9 Å². The van der Waals surface area contributed by atoms with Crippen molar-refractivity contribution in [2.75, 3.05) is 18.6 Å². The number of nitrogen functional groups attached to an aromatic ring is 1. The van der Waals surface area contributed by atoms with E-state index in [9.17, 15) is 4.79 Å². The fourth-order valence-electron chi connectivity index (χ4n) is 2.28. The van der Waals surface area contributed by atoms with Gasteiger partial charge in [-0.05, 0) is 19.2 Å². The first-order chi connectivity index (χ1) is 11.5. The molecule has 124 valence electrons. The first kappa shape index (κ1) is 16.5. The van der Waals surface area contributed by atoms with Gasteiger partial charge in [0.05, 0.1) is 29.6 Å². The largest absolute Gasteiger partial charge is 0.492 e. The van der Waals surface area contributed by atoms with Crippen LogP contribution in [0, 0.1) is 0 Å². The average Bonchev–Trinajstić information content (AvgIpc) is 2.92. The monoisotopic (exact) mass is 361 g/mol. The predicted molar refractivity (Wildman–Crippen MR) is 96.5 cm³/mol. The van der Waals surface area contributed by atoms with Gasteiger partial charge < -0.3 is 16.2 Å². The van der Waals surface area contributed by atoms with Crippen LogP contribution in [0.3, 0.4) is 0 Å². The molecule has 24 heavy (non-hydrogen) atoms. The van der Waals surface area contributed by atoms with Crippen LogP contribution in [0.5, 0.6) is 5.75 Å². The van der Waals surface area contributed by atoms with Gasteiger partial charge in [-0.2, -0.15) is 0 Å². The highest BCUT2D eigenvalue weighted by atomic mass is 32.2. The third kappa shape index (κ3) is 2.87. The molecule has 0 saturated heterocycles. The third-order valence-electron chi connectivity index (χ3n) is 3.27. The zero-order chi connectivity index (χ0) is 17.3. The summed E-state index contributed by atoms with van der Waals surface area (Å²) < 4.78 is 5.50. The summed E-state index contributed by atoms with van der Waals surface area (Å²) in [5, 5.41) is 1.19. The van der Waals surface area contributed by atoms with Crippen LogP contribution in [0.4, 0.5) is 5.69 Å². The minimum atomic E-state index is -0.576. The van der Waals surface area contributed by atoms with Gasteiger partial charge >= 0.3 is 0 Å². The van der Waals surface area contributed by atoms with Crippen molar-refractivity contribution in [1.82, 2.24) is 15.0 Å². The molecule has 0 spiro atoms. The van der Waals surface area contributed by atoms with E-state index in [0.717, 1.165) is 5.56 Å². The SMILES string of the molecule is CCOc1cncc(-c2nc(SC)nc3sc(C(N)=O)c(N)c23)c1. The lowest BCUT2D eigenvalue weighted by molar-refractivity contribution is 0.100. The van der Waals surface area contributed by atoms with Crippen molar-refractivity contribution in [2.24, 2.45) is 5.73 Å². The van der Waals surface area contributed by atoms with Gasteiger partial charge in [0.2, 0.25) is 0 Å². The predicted octanol–water partition coefficient (Wildman–Crippen LogP) is 2.55. The molecule has 7 nitrogen and oxygen atoms in total. The Morgan fingerprint density at radius 2 is 2.17 bits per heavy atom. The number of rotatable bonds is 5. The summed E-state index contributed by atoms with van der Waals surface area (Å²) in [6.45, 7) is 2.43. The smallest absolute Gasteiger partial charge is 0.260 e. The zero-order valence-corrected chi connectivity index (χ0v) is 14.7. The van der Waals surface area contributed by atoms with E-state index in [1.54, 1.807) is 12.4 Å². The number of pyridine rings is 1. The molecule has 9 heteroatoms. The minimum Gasteiger partial charge on any atom is -0.492 e. The summed E-state index contributed by atoms with van der Waals surface area (Å²) in [4.78, 5) is 25.7. The molecule has 3 aromatic rings. The van der Waals surface area contributed by atoms with E-state index >= 15 is 0 Å². The number of primary amides is 1. The molecule has 3 heterocycles. The van der Waals surface area contributed by atoms with Crippen molar-refractivity contribution in [3.8, 4) is 17.0 Å².